The summed E-state index contributed by atoms with van der Waals surface area (Å²) in [6.45, 7) is 5.99. The van der Waals surface area contributed by atoms with Crippen LogP contribution in [0.5, 0.6) is 0 Å². The zero-order valence-corrected chi connectivity index (χ0v) is 12.2. The summed E-state index contributed by atoms with van der Waals surface area (Å²) >= 11 is 0. The number of carbonyl (C=O) groups excluding carboxylic acids is 1. The van der Waals surface area contributed by atoms with E-state index in [4.69, 9.17) is 9.84 Å². The Morgan fingerprint density at radius 2 is 2.05 bits per heavy atom. The number of aromatic nitrogens is 2. The Kier molecular flexibility index (Phi) is 4.85. The molecule has 0 aliphatic carbocycles. The molecule has 1 aliphatic rings. The van der Waals surface area contributed by atoms with E-state index in [1.54, 1.807) is 4.90 Å². The molecule has 0 bridgehead atoms. The van der Waals surface area contributed by atoms with Crippen LogP contribution in [0.3, 0.4) is 0 Å². The van der Waals surface area contributed by atoms with Crippen LogP contribution in [0.4, 0.5) is 0 Å². The second-order valence-electron chi connectivity index (χ2n) is 5.48. The van der Waals surface area contributed by atoms with Crippen LogP contribution in [-0.4, -0.2) is 57.7 Å². The summed E-state index contributed by atoms with van der Waals surface area (Å²) in [6.07, 6.45) is 3.16. The number of hydrogen-bond acceptors (Lipinski definition) is 5. The van der Waals surface area contributed by atoms with Gasteiger partial charge in [-0.05, 0) is 12.3 Å². The van der Waals surface area contributed by atoms with Crippen LogP contribution in [0.25, 0.3) is 0 Å². The van der Waals surface area contributed by atoms with E-state index in [0.717, 1.165) is 12.6 Å². The molecule has 21 heavy (non-hydrogen) atoms. The number of amides is 1. The van der Waals surface area contributed by atoms with Crippen molar-refractivity contribution >= 4 is 11.9 Å². The maximum Gasteiger partial charge on any atom is 0.356 e. The van der Waals surface area contributed by atoms with E-state index in [0.29, 0.717) is 25.6 Å². The van der Waals surface area contributed by atoms with Crippen LogP contribution < -0.4 is 0 Å². The molecule has 1 fully saturated rings. The van der Waals surface area contributed by atoms with Gasteiger partial charge >= 0.3 is 5.97 Å². The monoisotopic (exact) mass is 293 g/mol. The van der Waals surface area contributed by atoms with Gasteiger partial charge in [-0.1, -0.05) is 13.8 Å². The van der Waals surface area contributed by atoms with E-state index in [-0.39, 0.29) is 23.4 Å². The second-order valence-corrected chi connectivity index (χ2v) is 5.48. The highest BCUT2D eigenvalue weighted by Gasteiger charge is 2.28. The van der Waals surface area contributed by atoms with Gasteiger partial charge in [0.15, 0.2) is 5.69 Å². The van der Waals surface area contributed by atoms with Gasteiger partial charge in [-0.3, -0.25) is 4.79 Å². The SMILES string of the molecule is CC(C)COC1CCN(C(=O)c2cnc(C(=O)O)cn2)C1. The van der Waals surface area contributed by atoms with Crippen molar-refractivity contribution in [3.63, 3.8) is 0 Å². The molecular formula is C14H19N3O4. The number of ether oxygens (including phenoxy) is 1. The smallest absolute Gasteiger partial charge is 0.356 e. The highest BCUT2D eigenvalue weighted by atomic mass is 16.5. The molecule has 0 saturated carbocycles. The Bertz CT molecular complexity index is 515. The molecule has 0 aromatic carbocycles. The van der Waals surface area contributed by atoms with Crippen molar-refractivity contribution in [2.45, 2.75) is 26.4 Å². The number of rotatable bonds is 5. The molecule has 1 aliphatic heterocycles. The highest BCUT2D eigenvalue weighted by molar-refractivity contribution is 5.93. The Labute approximate surface area is 123 Å². The van der Waals surface area contributed by atoms with Crippen LogP contribution in [0.15, 0.2) is 12.4 Å². The van der Waals surface area contributed by atoms with E-state index < -0.39 is 5.97 Å². The van der Waals surface area contributed by atoms with E-state index in [1.165, 1.54) is 6.20 Å². The fourth-order valence-corrected chi connectivity index (χ4v) is 2.09. The standard InChI is InChI=1S/C14H19N3O4/c1-9(2)8-21-10-3-4-17(7-10)13(18)11-5-16-12(6-15-11)14(19)20/h5-6,9-10H,3-4,7-8H2,1-2H3,(H,19,20). The summed E-state index contributed by atoms with van der Waals surface area (Å²) in [5.74, 6) is -0.941. The minimum absolute atomic E-state index is 0.0580. The van der Waals surface area contributed by atoms with E-state index >= 15 is 0 Å². The predicted molar refractivity (Wildman–Crippen MR) is 74.1 cm³/mol. The van der Waals surface area contributed by atoms with Crippen molar-refractivity contribution in [3.05, 3.63) is 23.8 Å². The molecule has 1 atom stereocenters. The third-order valence-electron chi connectivity index (χ3n) is 3.19. The first-order valence-electron chi connectivity index (χ1n) is 6.93. The highest BCUT2D eigenvalue weighted by Crippen LogP contribution is 2.16. The zero-order valence-electron chi connectivity index (χ0n) is 12.2. The van der Waals surface area contributed by atoms with Crippen LogP contribution in [-0.2, 0) is 4.74 Å². The number of nitrogens with zero attached hydrogens (tertiary/aromatic N) is 3. The Balaban J connectivity index is 1.93. The van der Waals surface area contributed by atoms with Crippen LogP contribution >= 0.6 is 0 Å². The number of carbonyl (C=O) groups is 2. The van der Waals surface area contributed by atoms with Gasteiger partial charge in [-0.15, -0.1) is 0 Å². The van der Waals surface area contributed by atoms with Crippen molar-refractivity contribution in [1.82, 2.24) is 14.9 Å². The molecule has 7 nitrogen and oxygen atoms in total. The minimum Gasteiger partial charge on any atom is -0.476 e. The van der Waals surface area contributed by atoms with Gasteiger partial charge in [0, 0.05) is 19.7 Å². The molecule has 7 heteroatoms. The Hall–Kier alpha value is -2.02. The van der Waals surface area contributed by atoms with Crippen molar-refractivity contribution in [2.24, 2.45) is 5.92 Å². The van der Waals surface area contributed by atoms with Crippen molar-refractivity contribution in [3.8, 4) is 0 Å². The minimum atomic E-state index is -1.16. The maximum atomic E-state index is 12.2. The molecule has 1 aromatic heterocycles. The molecule has 1 unspecified atom stereocenters. The van der Waals surface area contributed by atoms with Gasteiger partial charge < -0.3 is 14.7 Å². The third-order valence-corrected chi connectivity index (χ3v) is 3.19. The first kappa shape index (κ1) is 15.4. The van der Waals surface area contributed by atoms with E-state index in [2.05, 4.69) is 23.8 Å². The van der Waals surface area contributed by atoms with Crippen LogP contribution in [0.2, 0.25) is 0 Å². The Morgan fingerprint density at radius 1 is 1.38 bits per heavy atom. The second kappa shape index (κ2) is 6.62. The molecule has 1 amide bonds. The molecule has 2 rings (SSSR count). The van der Waals surface area contributed by atoms with Gasteiger partial charge in [0.2, 0.25) is 0 Å². The topological polar surface area (TPSA) is 92.6 Å². The normalized spacial score (nSPS) is 18.2. The average Bonchev–Trinajstić information content (AvgIpc) is 2.93. The van der Waals surface area contributed by atoms with E-state index in [9.17, 15) is 9.59 Å². The molecule has 0 radical (unpaired) electrons. The van der Waals surface area contributed by atoms with Gasteiger partial charge in [0.1, 0.15) is 5.69 Å². The summed E-state index contributed by atoms with van der Waals surface area (Å²) in [7, 11) is 0. The number of likely N-dealkylation sites (tertiary alicyclic amines) is 1. The molecule has 1 aromatic rings. The molecule has 114 valence electrons. The lowest BCUT2D eigenvalue weighted by Gasteiger charge is -2.16. The number of carboxylic acid groups (broad SMARTS) is 1. The molecule has 0 spiro atoms. The van der Waals surface area contributed by atoms with E-state index in [1.807, 2.05) is 0 Å². The third kappa shape index (κ3) is 3.98. The van der Waals surface area contributed by atoms with Crippen molar-refractivity contribution in [1.29, 1.82) is 0 Å². The lowest BCUT2D eigenvalue weighted by molar-refractivity contribution is 0.0395. The summed E-state index contributed by atoms with van der Waals surface area (Å²) in [4.78, 5) is 32.2. The van der Waals surface area contributed by atoms with Crippen LogP contribution in [0.1, 0.15) is 41.2 Å². The fraction of sp³-hybridized carbons (Fsp3) is 0.571. The summed E-state index contributed by atoms with van der Waals surface area (Å²) in [5.41, 5.74) is -0.0179. The van der Waals surface area contributed by atoms with Crippen molar-refractivity contribution in [2.75, 3.05) is 19.7 Å². The molecule has 1 saturated heterocycles. The number of aromatic carboxylic acids is 1. The van der Waals surface area contributed by atoms with Gasteiger partial charge in [-0.25, -0.2) is 14.8 Å². The summed E-state index contributed by atoms with van der Waals surface area (Å²) < 4.78 is 5.72. The molecule has 1 N–H and O–H groups in total. The van der Waals surface area contributed by atoms with Gasteiger partial charge in [0.05, 0.1) is 18.5 Å². The lowest BCUT2D eigenvalue weighted by Crippen LogP contribution is -2.31. The summed E-state index contributed by atoms with van der Waals surface area (Å²) in [6, 6.07) is 0. The largest absolute Gasteiger partial charge is 0.476 e. The predicted octanol–water partition coefficient (Wildman–Crippen LogP) is 1.06. The maximum absolute atomic E-state index is 12.2. The van der Waals surface area contributed by atoms with Gasteiger partial charge in [-0.2, -0.15) is 0 Å². The Morgan fingerprint density at radius 3 is 2.62 bits per heavy atom. The van der Waals surface area contributed by atoms with Gasteiger partial charge in [0.25, 0.3) is 5.91 Å². The molecular weight excluding hydrogens is 274 g/mol. The van der Waals surface area contributed by atoms with Crippen molar-refractivity contribution < 1.29 is 19.4 Å². The number of hydrogen-bond donors (Lipinski definition) is 1. The number of carboxylic acids is 1. The first-order chi connectivity index (χ1) is 9.97. The molecule has 2 heterocycles. The fourth-order valence-electron chi connectivity index (χ4n) is 2.09. The zero-order chi connectivity index (χ0) is 15.4. The first-order valence-corrected chi connectivity index (χ1v) is 6.93. The van der Waals surface area contributed by atoms with Crippen LogP contribution in [0, 0.1) is 5.92 Å². The summed E-state index contributed by atoms with van der Waals surface area (Å²) in [5, 5.41) is 8.75. The average molecular weight is 293 g/mol. The lowest BCUT2D eigenvalue weighted by atomic mass is 10.2. The quantitative estimate of drug-likeness (QED) is 0.872.